The van der Waals surface area contributed by atoms with Crippen molar-refractivity contribution in [3.63, 3.8) is 0 Å². The molecular weight excluding hydrogens is 252 g/mol. The highest BCUT2D eigenvalue weighted by molar-refractivity contribution is 5.14. The number of hydrogen-bond acceptors (Lipinski definition) is 4. The Hall–Kier alpha value is -0.940. The maximum absolute atomic E-state index is 7.57. The van der Waals surface area contributed by atoms with Crippen molar-refractivity contribution >= 4 is 0 Å². The topological polar surface area (TPSA) is 35.9 Å². The van der Waals surface area contributed by atoms with E-state index in [1.807, 2.05) is 6.07 Å². The van der Waals surface area contributed by atoms with Crippen molar-refractivity contribution in [2.75, 3.05) is 54.1 Å². The number of nitrogens with zero attached hydrogens (tertiary/aromatic N) is 2. The van der Waals surface area contributed by atoms with Gasteiger partial charge in [0, 0.05) is 26.2 Å². The summed E-state index contributed by atoms with van der Waals surface area (Å²) < 4.78 is 5.10. The van der Waals surface area contributed by atoms with Crippen LogP contribution in [0.15, 0.2) is 30.3 Å². The number of aliphatic hydroxyl groups excluding tert-OH is 1. The Morgan fingerprint density at radius 3 is 2.00 bits per heavy atom. The summed E-state index contributed by atoms with van der Waals surface area (Å²) >= 11 is 0. The minimum atomic E-state index is 0.250. The molecule has 1 aliphatic rings. The maximum atomic E-state index is 7.57. The molecule has 0 bridgehead atoms. The number of ether oxygens (including phenoxy) is 1. The molecule has 1 aromatic rings. The molecule has 1 fully saturated rings. The highest BCUT2D eigenvalue weighted by Crippen LogP contribution is 1.99. The lowest BCUT2D eigenvalue weighted by Gasteiger charge is -2.21. The monoisotopic (exact) mass is 282 g/mol. The Bertz CT molecular complexity index is 299. The van der Waals surface area contributed by atoms with E-state index < -0.39 is 0 Å². The summed E-state index contributed by atoms with van der Waals surface area (Å²) in [6.07, 6.45) is 0. The number of hydrogen-bond donors (Lipinski definition) is 1. The van der Waals surface area contributed by atoms with Crippen LogP contribution >= 0.6 is 0 Å². The van der Waals surface area contributed by atoms with Crippen molar-refractivity contribution in [3.05, 3.63) is 35.9 Å². The van der Waals surface area contributed by atoms with E-state index >= 15 is 0 Å². The lowest BCUT2D eigenvalue weighted by molar-refractivity contribution is 0.0503. The van der Waals surface area contributed by atoms with Gasteiger partial charge in [0.05, 0.1) is 13.2 Å². The lowest BCUT2D eigenvalue weighted by Crippen LogP contribution is -2.32. The van der Waals surface area contributed by atoms with Gasteiger partial charge in [-0.15, -0.1) is 0 Å². The molecule has 20 heavy (non-hydrogen) atoms. The van der Waals surface area contributed by atoms with E-state index in [2.05, 4.69) is 55.2 Å². The summed E-state index contributed by atoms with van der Waals surface area (Å²) in [5, 5.41) is 7.57. The van der Waals surface area contributed by atoms with E-state index in [-0.39, 0.29) is 6.61 Å². The largest absolute Gasteiger partial charge is 0.397 e. The molecule has 0 radical (unpaired) electrons. The van der Waals surface area contributed by atoms with Crippen LogP contribution in [0.1, 0.15) is 12.5 Å². The Morgan fingerprint density at radius 2 is 1.65 bits per heavy atom. The molecule has 0 atom stereocenters. The van der Waals surface area contributed by atoms with Crippen LogP contribution in [0.25, 0.3) is 0 Å². The third-order valence-corrected chi connectivity index (χ3v) is 2.58. The Kier molecular flexibility index (Phi) is 12.4. The Balaban J connectivity index is 0.000000315. The molecule has 2 rings (SSSR count). The van der Waals surface area contributed by atoms with Gasteiger partial charge < -0.3 is 19.6 Å². The fourth-order valence-electron chi connectivity index (χ4n) is 1.60. The molecule has 0 spiro atoms. The molecule has 4 nitrogen and oxygen atoms in total. The standard InChI is InChI=1S/C9H13N.C5H11NO.C2H6O/c1-10(2)8-9-6-4-3-5-7-9;1-6-2-4-7-5-3-6;1-2-3/h3-7H,8H2,1-2H3;2-5H2,1H3;3H,2H2,1H3. The zero-order valence-corrected chi connectivity index (χ0v) is 13.4. The minimum Gasteiger partial charge on any atom is -0.397 e. The number of likely N-dealkylation sites (N-methyl/N-ethyl adjacent to an activating group) is 1. The number of rotatable bonds is 2. The van der Waals surface area contributed by atoms with Crippen LogP contribution in [-0.4, -0.2) is 69.0 Å². The molecule has 4 heteroatoms. The van der Waals surface area contributed by atoms with Crippen LogP contribution in [0.5, 0.6) is 0 Å². The molecule has 1 aromatic carbocycles. The summed E-state index contributed by atoms with van der Waals surface area (Å²) in [4.78, 5) is 4.43. The van der Waals surface area contributed by atoms with Gasteiger partial charge in [0.25, 0.3) is 0 Å². The van der Waals surface area contributed by atoms with Gasteiger partial charge in [0.15, 0.2) is 0 Å². The second-order valence-corrected chi connectivity index (χ2v) is 4.96. The molecule has 1 saturated heterocycles. The second-order valence-electron chi connectivity index (χ2n) is 4.96. The molecule has 1 N–H and O–H groups in total. The third kappa shape index (κ3) is 12.1. The molecule has 0 aliphatic carbocycles. The fraction of sp³-hybridized carbons (Fsp3) is 0.625. The Morgan fingerprint density at radius 1 is 1.15 bits per heavy atom. The van der Waals surface area contributed by atoms with Crippen LogP contribution in [0, 0.1) is 0 Å². The number of benzene rings is 1. The van der Waals surface area contributed by atoms with Gasteiger partial charge in [0.1, 0.15) is 0 Å². The van der Waals surface area contributed by atoms with Crippen molar-refractivity contribution in [2.24, 2.45) is 0 Å². The Labute approximate surface area is 124 Å². The average molecular weight is 282 g/mol. The van der Waals surface area contributed by atoms with Gasteiger partial charge in [-0.1, -0.05) is 30.3 Å². The normalized spacial score (nSPS) is 14.9. The molecule has 1 heterocycles. The van der Waals surface area contributed by atoms with Crippen LogP contribution in [0.4, 0.5) is 0 Å². The zero-order chi connectivity index (χ0) is 15.2. The van der Waals surface area contributed by atoms with E-state index in [0.29, 0.717) is 0 Å². The first-order valence-corrected chi connectivity index (χ1v) is 7.16. The van der Waals surface area contributed by atoms with E-state index in [1.165, 1.54) is 5.56 Å². The van der Waals surface area contributed by atoms with Gasteiger partial charge in [-0.3, -0.25) is 0 Å². The van der Waals surface area contributed by atoms with Crippen molar-refractivity contribution in [1.29, 1.82) is 0 Å². The molecule has 0 aromatic heterocycles. The highest BCUT2D eigenvalue weighted by atomic mass is 16.5. The average Bonchev–Trinajstić information content (AvgIpc) is 2.41. The van der Waals surface area contributed by atoms with Crippen LogP contribution in [-0.2, 0) is 11.3 Å². The van der Waals surface area contributed by atoms with Crippen molar-refractivity contribution in [1.82, 2.24) is 9.80 Å². The van der Waals surface area contributed by atoms with Crippen molar-refractivity contribution in [2.45, 2.75) is 13.5 Å². The summed E-state index contributed by atoms with van der Waals surface area (Å²) in [6.45, 7) is 6.98. The number of morpholine rings is 1. The summed E-state index contributed by atoms with van der Waals surface area (Å²) in [6, 6.07) is 10.5. The first-order chi connectivity index (χ1) is 9.60. The van der Waals surface area contributed by atoms with Crippen LogP contribution in [0.2, 0.25) is 0 Å². The molecule has 116 valence electrons. The van der Waals surface area contributed by atoms with Gasteiger partial charge >= 0.3 is 0 Å². The van der Waals surface area contributed by atoms with Crippen LogP contribution < -0.4 is 0 Å². The molecule has 0 amide bonds. The second kappa shape index (κ2) is 13.1. The van der Waals surface area contributed by atoms with E-state index in [1.54, 1.807) is 6.92 Å². The predicted molar refractivity (Wildman–Crippen MR) is 84.9 cm³/mol. The van der Waals surface area contributed by atoms with Crippen LogP contribution in [0.3, 0.4) is 0 Å². The van der Waals surface area contributed by atoms with E-state index in [0.717, 1.165) is 32.8 Å². The minimum absolute atomic E-state index is 0.250. The molecule has 0 unspecified atom stereocenters. The van der Waals surface area contributed by atoms with Crippen molar-refractivity contribution < 1.29 is 9.84 Å². The summed E-state index contributed by atoms with van der Waals surface area (Å²) in [5.41, 5.74) is 1.37. The quantitative estimate of drug-likeness (QED) is 0.895. The lowest BCUT2D eigenvalue weighted by atomic mass is 10.2. The van der Waals surface area contributed by atoms with E-state index in [9.17, 15) is 0 Å². The van der Waals surface area contributed by atoms with Gasteiger partial charge in [-0.2, -0.15) is 0 Å². The maximum Gasteiger partial charge on any atom is 0.0594 e. The third-order valence-electron chi connectivity index (χ3n) is 2.58. The number of aliphatic hydroxyl groups is 1. The first kappa shape index (κ1) is 19.1. The van der Waals surface area contributed by atoms with Gasteiger partial charge in [-0.05, 0) is 33.6 Å². The van der Waals surface area contributed by atoms with Gasteiger partial charge in [0.2, 0.25) is 0 Å². The molecular formula is C16H30N2O2. The summed E-state index contributed by atoms with van der Waals surface area (Å²) in [7, 11) is 6.27. The van der Waals surface area contributed by atoms with Gasteiger partial charge in [-0.25, -0.2) is 0 Å². The molecule has 1 aliphatic heterocycles. The fourth-order valence-corrected chi connectivity index (χ4v) is 1.60. The highest BCUT2D eigenvalue weighted by Gasteiger charge is 2.02. The SMILES string of the molecule is CCO.CN(C)Cc1ccccc1.CN1CCOCC1. The smallest absolute Gasteiger partial charge is 0.0594 e. The van der Waals surface area contributed by atoms with Crippen molar-refractivity contribution in [3.8, 4) is 0 Å². The first-order valence-electron chi connectivity index (χ1n) is 7.16. The predicted octanol–water partition coefficient (Wildman–Crippen LogP) is 1.70. The molecule has 0 saturated carbocycles. The zero-order valence-electron chi connectivity index (χ0n) is 13.4. The van der Waals surface area contributed by atoms with E-state index in [4.69, 9.17) is 9.84 Å². The summed E-state index contributed by atoms with van der Waals surface area (Å²) in [5.74, 6) is 0.